The van der Waals surface area contributed by atoms with Crippen molar-refractivity contribution in [3.05, 3.63) is 58.4 Å². The summed E-state index contributed by atoms with van der Waals surface area (Å²) < 4.78 is 40.8. The van der Waals surface area contributed by atoms with Gasteiger partial charge in [0, 0.05) is 17.3 Å². The summed E-state index contributed by atoms with van der Waals surface area (Å²) >= 11 is 5.99. The van der Waals surface area contributed by atoms with Gasteiger partial charge in [0.15, 0.2) is 0 Å². The third-order valence-electron chi connectivity index (χ3n) is 3.81. The monoisotopic (exact) mass is 382 g/mol. The SMILES string of the molecule is Cc1ccc(NC(=O)c2ccc(Cl)c(S(=O)(=O)NC3CC3)c2)cc1F. The first-order valence-corrected chi connectivity index (χ1v) is 9.52. The van der Waals surface area contributed by atoms with Gasteiger partial charge < -0.3 is 5.32 Å². The smallest absolute Gasteiger partial charge is 0.255 e. The van der Waals surface area contributed by atoms with Gasteiger partial charge in [0.05, 0.1) is 5.02 Å². The molecule has 1 aliphatic carbocycles. The average Bonchev–Trinajstić information content (AvgIpc) is 3.34. The van der Waals surface area contributed by atoms with E-state index in [4.69, 9.17) is 11.6 Å². The molecule has 0 aliphatic heterocycles. The number of hydrogen-bond donors (Lipinski definition) is 2. The van der Waals surface area contributed by atoms with Crippen LogP contribution in [0.2, 0.25) is 5.02 Å². The zero-order valence-electron chi connectivity index (χ0n) is 13.3. The van der Waals surface area contributed by atoms with Gasteiger partial charge in [0.2, 0.25) is 10.0 Å². The van der Waals surface area contributed by atoms with Gasteiger partial charge in [-0.1, -0.05) is 17.7 Å². The molecule has 0 heterocycles. The molecule has 1 aliphatic rings. The molecule has 0 unspecified atom stereocenters. The van der Waals surface area contributed by atoms with E-state index in [1.807, 2.05) is 0 Å². The molecule has 0 aromatic heterocycles. The largest absolute Gasteiger partial charge is 0.322 e. The Morgan fingerprint density at radius 1 is 1.20 bits per heavy atom. The highest BCUT2D eigenvalue weighted by molar-refractivity contribution is 7.89. The summed E-state index contributed by atoms with van der Waals surface area (Å²) in [5.41, 5.74) is 0.856. The summed E-state index contributed by atoms with van der Waals surface area (Å²) in [5.74, 6) is -0.992. The fraction of sp³-hybridized carbons (Fsp3) is 0.235. The Balaban J connectivity index is 1.85. The number of amides is 1. The molecular weight excluding hydrogens is 367 g/mol. The van der Waals surface area contributed by atoms with Crippen LogP contribution in [0.15, 0.2) is 41.3 Å². The van der Waals surface area contributed by atoms with Crippen LogP contribution < -0.4 is 10.0 Å². The van der Waals surface area contributed by atoms with Crippen molar-refractivity contribution in [2.75, 3.05) is 5.32 Å². The molecule has 2 aromatic rings. The van der Waals surface area contributed by atoms with Crippen molar-refractivity contribution in [1.82, 2.24) is 4.72 Å². The van der Waals surface area contributed by atoms with Gasteiger partial charge in [-0.2, -0.15) is 0 Å². The number of nitrogens with one attached hydrogen (secondary N) is 2. The normalized spacial score (nSPS) is 14.4. The Morgan fingerprint density at radius 3 is 2.56 bits per heavy atom. The van der Waals surface area contributed by atoms with Crippen molar-refractivity contribution in [1.29, 1.82) is 0 Å². The second kappa shape index (κ2) is 6.74. The minimum absolute atomic E-state index is 0.0334. The van der Waals surface area contributed by atoms with Crippen LogP contribution in [0.3, 0.4) is 0 Å². The van der Waals surface area contributed by atoms with Crippen LogP contribution in [-0.4, -0.2) is 20.4 Å². The Bertz CT molecular complexity index is 943. The molecule has 0 bridgehead atoms. The van der Waals surface area contributed by atoms with Gasteiger partial charge in [-0.15, -0.1) is 0 Å². The average molecular weight is 383 g/mol. The number of carbonyl (C=O) groups excluding carboxylic acids is 1. The zero-order chi connectivity index (χ0) is 18.2. The van der Waals surface area contributed by atoms with Gasteiger partial charge in [-0.05, 0) is 55.7 Å². The maximum atomic E-state index is 13.6. The molecule has 3 rings (SSSR count). The van der Waals surface area contributed by atoms with Gasteiger partial charge in [-0.3, -0.25) is 4.79 Å². The first kappa shape index (κ1) is 17.8. The maximum absolute atomic E-state index is 13.6. The number of halogens is 2. The molecule has 132 valence electrons. The minimum atomic E-state index is -3.79. The van der Waals surface area contributed by atoms with E-state index in [0.717, 1.165) is 12.8 Å². The standard InChI is InChI=1S/C17H16ClFN2O3S/c1-10-2-4-13(9-15(10)19)20-17(22)11-3-7-14(18)16(8-11)25(23,24)21-12-5-6-12/h2-4,7-9,12,21H,5-6H2,1H3,(H,20,22). The molecule has 8 heteroatoms. The number of hydrogen-bond acceptors (Lipinski definition) is 3. The van der Waals surface area contributed by atoms with Crippen molar-refractivity contribution in [2.45, 2.75) is 30.7 Å². The van der Waals surface area contributed by atoms with Crippen LogP contribution in [0.25, 0.3) is 0 Å². The highest BCUT2D eigenvalue weighted by atomic mass is 35.5. The number of aryl methyl sites for hydroxylation is 1. The van der Waals surface area contributed by atoms with E-state index in [0.29, 0.717) is 5.56 Å². The van der Waals surface area contributed by atoms with E-state index < -0.39 is 21.7 Å². The molecule has 1 saturated carbocycles. The van der Waals surface area contributed by atoms with Crippen LogP contribution >= 0.6 is 11.6 Å². The van der Waals surface area contributed by atoms with Gasteiger partial charge >= 0.3 is 0 Å². The van der Waals surface area contributed by atoms with E-state index >= 15 is 0 Å². The Hall–Kier alpha value is -1.96. The van der Waals surface area contributed by atoms with Crippen molar-refractivity contribution < 1.29 is 17.6 Å². The molecular formula is C17H16ClFN2O3S. The Kier molecular flexibility index (Phi) is 4.81. The van der Waals surface area contributed by atoms with Crippen LogP contribution in [-0.2, 0) is 10.0 Å². The molecule has 1 amide bonds. The number of rotatable bonds is 5. The van der Waals surface area contributed by atoms with Crippen molar-refractivity contribution in [2.24, 2.45) is 0 Å². The van der Waals surface area contributed by atoms with E-state index in [2.05, 4.69) is 10.0 Å². The lowest BCUT2D eigenvalue weighted by Crippen LogP contribution is -2.26. The lowest BCUT2D eigenvalue weighted by molar-refractivity contribution is 0.102. The summed E-state index contributed by atoms with van der Waals surface area (Å²) in [6.45, 7) is 1.62. The highest BCUT2D eigenvalue weighted by Gasteiger charge is 2.29. The summed E-state index contributed by atoms with van der Waals surface area (Å²) in [4.78, 5) is 12.2. The minimum Gasteiger partial charge on any atom is -0.322 e. The number of carbonyl (C=O) groups is 1. The molecule has 0 spiro atoms. The first-order valence-electron chi connectivity index (χ1n) is 7.65. The van der Waals surface area contributed by atoms with Crippen LogP contribution in [0.5, 0.6) is 0 Å². The molecule has 5 nitrogen and oxygen atoms in total. The van der Waals surface area contributed by atoms with Crippen LogP contribution in [0, 0.1) is 12.7 Å². The Labute approximate surface area is 150 Å². The second-order valence-electron chi connectivity index (χ2n) is 5.96. The van der Waals surface area contributed by atoms with Gasteiger partial charge in [-0.25, -0.2) is 17.5 Å². The number of benzene rings is 2. The van der Waals surface area contributed by atoms with E-state index in [1.54, 1.807) is 19.1 Å². The summed E-state index contributed by atoms with van der Waals surface area (Å²) in [6, 6.07) is 8.23. The summed E-state index contributed by atoms with van der Waals surface area (Å²) in [6.07, 6.45) is 1.58. The zero-order valence-corrected chi connectivity index (χ0v) is 14.9. The quantitative estimate of drug-likeness (QED) is 0.831. The van der Waals surface area contributed by atoms with Crippen molar-refractivity contribution in [3.8, 4) is 0 Å². The highest BCUT2D eigenvalue weighted by Crippen LogP contribution is 2.27. The third-order valence-corrected chi connectivity index (χ3v) is 5.81. The molecule has 25 heavy (non-hydrogen) atoms. The molecule has 2 N–H and O–H groups in total. The van der Waals surface area contributed by atoms with Gasteiger partial charge in [0.1, 0.15) is 10.7 Å². The molecule has 0 radical (unpaired) electrons. The Morgan fingerprint density at radius 2 is 1.92 bits per heavy atom. The predicted molar refractivity (Wildman–Crippen MR) is 93.9 cm³/mol. The van der Waals surface area contributed by atoms with E-state index in [9.17, 15) is 17.6 Å². The van der Waals surface area contributed by atoms with Crippen molar-refractivity contribution >= 4 is 33.2 Å². The summed E-state index contributed by atoms with van der Waals surface area (Å²) in [7, 11) is -3.79. The summed E-state index contributed by atoms with van der Waals surface area (Å²) in [5, 5.41) is 2.57. The number of sulfonamides is 1. The fourth-order valence-electron chi connectivity index (χ4n) is 2.21. The lowest BCUT2D eigenvalue weighted by atomic mass is 10.2. The second-order valence-corrected chi connectivity index (χ2v) is 8.05. The first-order chi connectivity index (χ1) is 11.8. The van der Waals surface area contributed by atoms with Crippen LogP contribution in [0.1, 0.15) is 28.8 Å². The maximum Gasteiger partial charge on any atom is 0.255 e. The van der Waals surface area contributed by atoms with Gasteiger partial charge in [0.25, 0.3) is 5.91 Å². The van der Waals surface area contributed by atoms with E-state index in [1.165, 1.54) is 24.3 Å². The number of anilines is 1. The van der Waals surface area contributed by atoms with Crippen molar-refractivity contribution in [3.63, 3.8) is 0 Å². The van der Waals surface area contributed by atoms with Crippen LogP contribution in [0.4, 0.5) is 10.1 Å². The van der Waals surface area contributed by atoms with E-state index in [-0.39, 0.29) is 27.2 Å². The molecule has 0 atom stereocenters. The molecule has 0 saturated heterocycles. The molecule has 1 fully saturated rings. The third kappa shape index (κ3) is 4.18. The predicted octanol–water partition coefficient (Wildman–Crippen LogP) is 3.48. The fourth-order valence-corrected chi connectivity index (χ4v) is 4.04. The molecule has 2 aromatic carbocycles. The lowest BCUT2D eigenvalue weighted by Gasteiger charge is -2.10. The topological polar surface area (TPSA) is 75.3 Å².